The van der Waals surface area contributed by atoms with Gasteiger partial charge in [0.15, 0.2) is 0 Å². The van der Waals surface area contributed by atoms with E-state index in [1.165, 1.54) is 31.2 Å². The Hall–Kier alpha value is -0.820. The van der Waals surface area contributed by atoms with E-state index in [0.717, 1.165) is 19.1 Å². The van der Waals surface area contributed by atoms with Crippen LogP contribution in [0.3, 0.4) is 0 Å². The van der Waals surface area contributed by atoms with Gasteiger partial charge in [0.1, 0.15) is 0 Å². The van der Waals surface area contributed by atoms with E-state index < -0.39 is 0 Å². The molecule has 94 valence electrons. The van der Waals surface area contributed by atoms with Crippen LogP contribution in [0.5, 0.6) is 0 Å². The quantitative estimate of drug-likeness (QED) is 0.746. The summed E-state index contributed by atoms with van der Waals surface area (Å²) in [5.74, 6) is 0.784. The lowest BCUT2D eigenvalue weighted by molar-refractivity contribution is 0.0561. The molecule has 0 atom stereocenters. The van der Waals surface area contributed by atoms with E-state index in [-0.39, 0.29) is 0 Å². The normalized spacial score (nSPS) is 20.4. The Labute approximate surface area is 105 Å². The van der Waals surface area contributed by atoms with E-state index in [4.69, 9.17) is 4.74 Å². The molecule has 1 fully saturated rings. The van der Waals surface area contributed by atoms with Gasteiger partial charge in [-0.15, -0.1) is 0 Å². The third-order valence-corrected chi connectivity index (χ3v) is 3.92. The molecule has 0 aliphatic heterocycles. The number of rotatable bonds is 4. The van der Waals surface area contributed by atoms with Crippen molar-refractivity contribution < 1.29 is 4.74 Å². The molecule has 2 rings (SSSR count). The maximum Gasteiger partial charge on any atom is 0.0717 e. The molecule has 0 heterocycles. The Morgan fingerprint density at radius 3 is 2.41 bits per heavy atom. The monoisotopic (exact) mass is 232 g/mol. The first-order valence-electron chi connectivity index (χ1n) is 6.77. The highest BCUT2D eigenvalue weighted by Crippen LogP contribution is 2.37. The molecular weight excluding hydrogens is 208 g/mol. The lowest BCUT2D eigenvalue weighted by atomic mass is 9.73. The van der Waals surface area contributed by atoms with Crippen LogP contribution in [0.25, 0.3) is 0 Å². The minimum absolute atomic E-state index is 0.565. The van der Waals surface area contributed by atoms with Gasteiger partial charge in [-0.25, -0.2) is 0 Å². The molecule has 0 aromatic heterocycles. The molecule has 1 aromatic rings. The molecule has 0 unspecified atom stereocenters. The molecule has 0 radical (unpaired) electrons. The molecule has 0 N–H and O–H groups in total. The largest absolute Gasteiger partial charge is 0.376 e. The van der Waals surface area contributed by atoms with E-state index in [1.54, 1.807) is 0 Å². The van der Waals surface area contributed by atoms with Crippen molar-refractivity contribution in [3.63, 3.8) is 0 Å². The zero-order valence-corrected chi connectivity index (χ0v) is 11.1. The summed E-state index contributed by atoms with van der Waals surface area (Å²) in [5, 5.41) is 0. The maximum atomic E-state index is 5.83. The van der Waals surface area contributed by atoms with Gasteiger partial charge >= 0.3 is 0 Å². The van der Waals surface area contributed by atoms with Gasteiger partial charge in [-0.2, -0.15) is 0 Å². The third kappa shape index (κ3) is 4.16. The van der Waals surface area contributed by atoms with Crippen molar-refractivity contribution in [2.24, 2.45) is 11.3 Å². The van der Waals surface area contributed by atoms with Crippen molar-refractivity contribution in [2.75, 3.05) is 6.61 Å². The summed E-state index contributed by atoms with van der Waals surface area (Å²) >= 11 is 0. The van der Waals surface area contributed by atoms with E-state index in [0.29, 0.717) is 5.41 Å². The minimum atomic E-state index is 0.565. The molecule has 0 saturated heterocycles. The fraction of sp³-hybridized carbons (Fsp3) is 0.625. The van der Waals surface area contributed by atoms with E-state index in [2.05, 4.69) is 38.1 Å². The second-order valence-corrected chi connectivity index (χ2v) is 6.11. The van der Waals surface area contributed by atoms with Crippen LogP contribution in [0.15, 0.2) is 30.3 Å². The zero-order chi connectivity index (χ0) is 12.1. The van der Waals surface area contributed by atoms with Crippen LogP contribution in [-0.4, -0.2) is 6.61 Å². The van der Waals surface area contributed by atoms with Crippen LogP contribution in [-0.2, 0) is 11.3 Å². The van der Waals surface area contributed by atoms with Crippen molar-refractivity contribution in [3.8, 4) is 0 Å². The number of ether oxygens (including phenoxy) is 1. The fourth-order valence-electron chi connectivity index (χ4n) is 2.54. The molecule has 0 bridgehead atoms. The van der Waals surface area contributed by atoms with Gasteiger partial charge in [0, 0.05) is 6.61 Å². The lowest BCUT2D eigenvalue weighted by Gasteiger charge is -2.34. The highest BCUT2D eigenvalue weighted by Gasteiger charge is 2.26. The molecule has 0 amide bonds. The van der Waals surface area contributed by atoms with Crippen LogP contribution in [0.2, 0.25) is 0 Å². The van der Waals surface area contributed by atoms with Crippen LogP contribution in [0.4, 0.5) is 0 Å². The van der Waals surface area contributed by atoms with E-state index in [1.807, 2.05) is 6.07 Å². The van der Waals surface area contributed by atoms with Gasteiger partial charge in [0.25, 0.3) is 0 Å². The van der Waals surface area contributed by atoms with Crippen molar-refractivity contribution in [1.82, 2.24) is 0 Å². The highest BCUT2D eigenvalue weighted by molar-refractivity contribution is 5.13. The Bertz CT molecular complexity index is 319. The van der Waals surface area contributed by atoms with Gasteiger partial charge in [-0.3, -0.25) is 0 Å². The molecule has 1 saturated carbocycles. The molecule has 1 aromatic carbocycles. The number of hydrogen-bond acceptors (Lipinski definition) is 1. The van der Waals surface area contributed by atoms with Gasteiger partial charge in [0.2, 0.25) is 0 Å². The Kier molecular flexibility index (Phi) is 4.22. The van der Waals surface area contributed by atoms with Gasteiger partial charge in [0.05, 0.1) is 6.61 Å². The minimum Gasteiger partial charge on any atom is -0.376 e. The Balaban J connectivity index is 1.67. The van der Waals surface area contributed by atoms with E-state index >= 15 is 0 Å². The van der Waals surface area contributed by atoms with Gasteiger partial charge < -0.3 is 4.74 Å². The smallest absolute Gasteiger partial charge is 0.0717 e. The summed E-state index contributed by atoms with van der Waals surface area (Å²) < 4.78 is 5.83. The summed E-state index contributed by atoms with van der Waals surface area (Å²) in [5.41, 5.74) is 1.85. The molecular formula is C16H24O. The summed E-state index contributed by atoms with van der Waals surface area (Å²) in [6.45, 7) is 6.47. The van der Waals surface area contributed by atoms with Crippen LogP contribution in [0.1, 0.15) is 45.1 Å². The predicted molar refractivity (Wildman–Crippen MR) is 71.8 cm³/mol. The van der Waals surface area contributed by atoms with Crippen molar-refractivity contribution in [1.29, 1.82) is 0 Å². The van der Waals surface area contributed by atoms with Gasteiger partial charge in [-0.1, -0.05) is 44.2 Å². The molecule has 1 nitrogen and oxygen atoms in total. The first-order chi connectivity index (χ1) is 8.16. The summed E-state index contributed by atoms with van der Waals surface area (Å²) in [6.07, 6.45) is 5.38. The molecule has 17 heavy (non-hydrogen) atoms. The van der Waals surface area contributed by atoms with Crippen molar-refractivity contribution in [2.45, 2.75) is 46.1 Å². The average Bonchev–Trinajstić information content (AvgIpc) is 2.33. The standard InChI is InChI=1S/C16H24O/c1-16(2)10-8-15(9-11-16)13-17-12-14-6-4-3-5-7-14/h3-7,15H,8-13H2,1-2H3. The topological polar surface area (TPSA) is 9.23 Å². The summed E-state index contributed by atoms with van der Waals surface area (Å²) in [6, 6.07) is 10.4. The molecule has 1 aliphatic carbocycles. The van der Waals surface area contributed by atoms with Crippen LogP contribution >= 0.6 is 0 Å². The predicted octanol–water partition coefficient (Wildman–Crippen LogP) is 4.42. The first-order valence-corrected chi connectivity index (χ1v) is 6.77. The van der Waals surface area contributed by atoms with Crippen LogP contribution in [0, 0.1) is 11.3 Å². The Morgan fingerprint density at radius 2 is 1.76 bits per heavy atom. The SMILES string of the molecule is CC1(C)CCC(COCc2ccccc2)CC1. The first kappa shape index (κ1) is 12.6. The maximum absolute atomic E-state index is 5.83. The van der Waals surface area contributed by atoms with Crippen molar-refractivity contribution in [3.05, 3.63) is 35.9 Å². The van der Waals surface area contributed by atoms with Gasteiger partial charge in [-0.05, 0) is 42.6 Å². The third-order valence-electron chi connectivity index (χ3n) is 3.92. The zero-order valence-electron chi connectivity index (χ0n) is 11.1. The second-order valence-electron chi connectivity index (χ2n) is 6.11. The molecule has 1 heteroatoms. The number of hydrogen-bond donors (Lipinski definition) is 0. The number of benzene rings is 1. The molecule has 0 spiro atoms. The lowest BCUT2D eigenvalue weighted by Crippen LogP contribution is -2.23. The average molecular weight is 232 g/mol. The summed E-state index contributed by atoms with van der Waals surface area (Å²) in [7, 11) is 0. The fourth-order valence-corrected chi connectivity index (χ4v) is 2.54. The Morgan fingerprint density at radius 1 is 1.12 bits per heavy atom. The van der Waals surface area contributed by atoms with E-state index in [9.17, 15) is 0 Å². The second kappa shape index (κ2) is 5.68. The van der Waals surface area contributed by atoms with Crippen molar-refractivity contribution >= 4 is 0 Å². The summed E-state index contributed by atoms with van der Waals surface area (Å²) in [4.78, 5) is 0. The molecule has 1 aliphatic rings. The van der Waals surface area contributed by atoms with Crippen LogP contribution < -0.4 is 0 Å². The highest BCUT2D eigenvalue weighted by atomic mass is 16.5.